The molecule has 0 spiro atoms. The highest BCUT2D eigenvalue weighted by Crippen LogP contribution is 2.06. The average Bonchev–Trinajstić information content (AvgIpc) is 2.07. The average molecular weight is 145 g/mol. The van der Waals surface area contributed by atoms with E-state index < -0.39 is 17.1 Å². The van der Waals surface area contributed by atoms with Gasteiger partial charge in [-0.05, 0) is 0 Å². The van der Waals surface area contributed by atoms with E-state index in [2.05, 4.69) is 0 Å². The summed E-state index contributed by atoms with van der Waals surface area (Å²) < 4.78 is 0. The van der Waals surface area contributed by atoms with E-state index in [1.807, 2.05) is 0 Å². The molecule has 0 radical (unpaired) electrons. The second-order valence-corrected chi connectivity index (χ2v) is 1.67. The fourth-order valence-corrected chi connectivity index (χ4v) is 0.505. The van der Waals surface area contributed by atoms with Crippen molar-refractivity contribution in [3.05, 3.63) is 15.6 Å². The Hall–Kier alpha value is -1.79. The van der Waals surface area contributed by atoms with Gasteiger partial charge in [-0.1, -0.05) is 4.85 Å². The lowest BCUT2D eigenvalue weighted by Crippen LogP contribution is -2.18. The van der Waals surface area contributed by atoms with Crippen molar-refractivity contribution < 1.29 is 5.21 Å². The van der Waals surface area contributed by atoms with E-state index in [0.717, 1.165) is 0 Å². The normalized spacial score (nSPS) is 10.0. The van der Waals surface area contributed by atoms with Gasteiger partial charge in [0.1, 0.15) is 11.5 Å². The van der Waals surface area contributed by atoms with Gasteiger partial charge in [-0.15, -0.1) is 0 Å². The first-order valence-corrected chi connectivity index (χ1v) is 2.31. The highest BCUT2D eigenvalue weighted by atomic mass is 16.6. The van der Waals surface area contributed by atoms with Gasteiger partial charge in [0.25, 0.3) is 0 Å². The van der Waals surface area contributed by atoms with Crippen molar-refractivity contribution in [2.24, 2.45) is 0 Å². The first-order valence-electron chi connectivity index (χ1n) is 2.31. The maximum Gasteiger partial charge on any atom is 0.326 e. The summed E-state index contributed by atoms with van der Waals surface area (Å²) in [6.45, 7) is 0. The van der Waals surface area contributed by atoms with Crippen LogP contribution in [0.2, 0.25) is 0 Å². The highest BCUT2D eigenvalue weighted by Gasteiger charge is 2.07. The number of nitrogens with zero attached hydrogens (tertiary/aromatic N) is 2. The minimum atomic E-state index is -1.01. The molecular weight excluding hydrogens is 140 g/mol. The molecule has 5 N–H and O–H groups in total. The molecular formula is C3H5N4O3-. The maximum atomic E-state index is 10.5. The Bertz CT molecular complexity index is 282. The summed E-state index contributed by atoms with van der Waals surface area (Å²) in [5.74, 6) is -0.493. The summed E-state index contributed by atoms with van der Waals surface area (Å²) in [6, 6.07) is 0. The van der Waals surface area contributed by atoms with Crippen molar-refractivity contribution in [2.45, 2.75) is 0 Å². The Morgan fingerprint density at radius 1 is 1.50 bits per heavy atom. The zero-order chi connectivity index (χ0) is 7.89. The Kier molecular flexibility index (Phi) is 1.01. The smallest absolute Gasteiger partial charge is 0.326 e. The van der Waals surface area contributed by atoms with Gasteiger partial charge in [0.2, 0.25) is 0 Å². The van der Waals surface area contributed by atoms with E-state index in [4.69, 9.17) is 16.7 Å². The molecule has 0 saturated carbocycles. The molecule has 0 aromatic carbocycles. The first-order chi connectivity index (χ1) is 4.55. The maximum absolute atomic E-state index is 10.5. The standard InChI is InChI=1S/C3H5N4O3/c4-1-2(5)6(9)7(10)3(1)8/h10H,4-5H2/q-1. The number of anilines is 2. The molecule has 0 unspecified atom stereocenters. The van der Waals surface area contributed by atoms with Crippen molar-refractivity contribution >= 4 is 11.5 Å². The van der Waals surface area contributed by atoms with Gasteiger partial charge in [0.05, 0.1) is 0 Å². The fourth-order valence-electron chi connectivity index (χ4n) is 0.505. The number of nitrogen functional groups attached to an aromatic ring is 2. The number of hydrogen-bond acceptors (Lipinski definition) is 5. The molecule has 1 aromatic heterocycles. The van der Waals surface area contributed by atoms with Crippen LogP contribution in [-0.2, 0) is 0 Å². The van der Waals surface area contributed by atoms with E-state index >= 15 is 0 Å². The SMILES string of the molecule is Nc1c(N)n([O-])n(O)c1=O. The van der Waals surface area contributed by atoms with Crippen LogP contribution in [0.25, 0.3) is 0 Å². The van der Waals surface area contributed by atoms with Gasteiger partial charge in [-0.25, -0.2) is 0 Å². The molecule has 0 aliphatic rings. The van der Waals surface area contributed by atoms with Crippen molar-refractivity contribution in [2.75, 3.05) is 11.5 Å². The molecule has 7 heteroatoms. The zero-order valence-corrected chi connectivity index (χ0v) is 4.81. The third kappa shape index (κ3) is 0.508. The van der Waals surface area contributed by atoms with Gasteiger partial charge in [0.15, 0.2) is 0 Å². The number of nitrogens with two attached hydrogens (primary N) is 2. The van der Waals surface area contributed by atoms with Crippen molar-refractivity contribution in [1.82, 2.24) is 9.69 Å². The van der Waals surface area contributed by atoms with Crippen LogP contribution in [0.3, 0.4) is 0 Å². The van der Waals surface area contributed by atoms with Crippen LogP contribution in [0.1, 0.15) is 0 Å². The molecule has 0 atom stereocenters. The topological polar surface area (TPSA) is 122 Å². The molecule has 0 saturated heterocycles. The second kappa shape index (κ2) is 1.59. The lowest BCUT2D eigenvalue weighted by molar-refractivity contribution is 0.121. The molecule has 1 heterocycles. The quantitative estimate of drug-likeness (QED) is 0.379. The Morgan fingerprint density at radius 3 is 2.10 bits per heavy atom. The Morgan fingerprint density at radius 2 is 2.00 bits per heavy atom. The Balaban J connectivity index is 3.60. The summed E-state index contributed by atoms with van der Waals surface area (Å²) in [5.41, 5.74) is 8.46. The van der Waals surface area contributed by atoms with Gasteiger partial charge >= 0.3 is 5.56 Å². The molecule has 0 aliphatic carbocycles. The molecule has 10 heavy (non-hydrogen) atoms. The number of aromatic nitrogens is 2. The molecule has 0 bridgehead atoms. The predicted octanol–water partition coefficient (Wildman–Crippen LogP) is -1.60. The Labute approximate surface area is 54.6 Å². The van der Waals surface area contributed by atoms with Crippen LogP contribution in [0.5, 0.6) is 0 Å². The molecule has 0 amide bonds. The van der Waals surface area contributed by atoms with Gasteiger partial charge in [-0.2, -0.15) is 0 Å². The zero-order valence-electron chi connectivity index (χ0n) is 4.81. The van der Waals surface area contributed by atoms with E-state index in [0.29, 0.717) is 0 Å². The summed E-state index contributed by atoms with van der Waals surface area (Å²) in [6.07, 6.45) is 0. The first kappa shape index (κ1) is 6.33. The molecule has 56 valence electrons. The van der Waals surface area contributed by atoms with Crippen LogP contribution in [-0.4, -0.2) is 14.9 Å². The van der Waals surface area contributed by atoms with E-state index in [1.54, 1.807) is 0 Å². The number of hydrogen-bond donors (Lipinski definition) is 3. The minimum Gasteiger partial charge on any atom is -0.788 e. The van der Waals surface area contributed by atoms with Crippen molar-refractivity contribution in [1.29, 1.82) is 0 Å². The summed E-state index contributed by atoms with van der Waals surface area (Å²) in [7, 11) is 0. The van der Waals surface area contributed by atoms with E-state index in [1.165, 1.54) is 0 Å². The monoisotopic (exact) mass is 145 g/mol. The lowest BCUT2D eigenvalue weighted by atomic mass is 10.5. The molecule has 1 aromatic rings. The van der Waals surface area contributed by atoms with Crippen LogP contribution < -0.4 is 17.0 Å². The van der Waals surface area contributed by atoms with Crippen molar-refractivity contribution in [3.8, 4) is 0 Å². The van der Waals surface area contributed by atoms with Crippen LogP contribution in [0, 0.1) is 5.21 Å². The van der Waals surface area contributed by atoms with Gasteiger partial charge in [0, 0.05) is 0 Å². The molecule has 1 rings (SSSR count). The van der Waals surface area contributed by atoms with Crippen LogP contribution in [0.15, 0.2) is 4.79 Å². The van der Waals surface area contributed by atoms with E-state index in [9.17, 15) is 10.0 Å². The van der Waals surface area contributed by atoms with Gasteiger partial charge < -0.3 is 21.9 Å². The molecule has 7 nitrogen and oxygen atoms in total. The fraction of sp³-hybridized carbons (Fsp3) is 0. The minimum absolute atomic E-state index is 0.197. The number of rotatable bonds is 0. The third-order valence-electron chi connectivity index (χ3n) is 1.07. The summed E-state index contributed by atoms with van der Waals surface area (Å²) in [5, 5.41) is 18.9. The van der Waals surface area contributed by atoms with E-state index in [-0.39, 0.29) is 9.69 Å². The third-order valence-corrected chi connectivity index (χ3v) is 1.07. The largest absolute Gasteiger partial charge is 0.788 e. The lowest BCUT2D eigenvalue weighted by Gasteiger charge is -2.08. The van der Waals surface area contributed by atoms with Crippen LogP contribution >= 0.6 is 0 Å². The van der Waals surface area contributed by atoms with Crippen LogP contribution in [0.4, 0.5) is 11.5 Å². The molecule has 0 fully saturated rings. The highest BCUT2D eigenvalue weighted by molar-refractivity contribution is 5.57. The predicted molar refractivity (Wildman–Crippen MR) is 33.5 cm³/mol. The van der Waals surface area contributed by atoms with Gasteiger partial charge in [-0.3, -0.25) is 9.64 Å². The molecule has 0 aliphatic heterocycles. The second-order valence-electron chi connectivity index (χ2n) is 1.67. The van der Waals surface area contributed by atoms with Crippen molar-refractivity contribution in [3.63, 3.8) is 0 Å². The summed E-state index contributed by atoms with van der Waals surface area (Å²) in [4.78, 5) is 10.1. The summed E-state index contributed by atoms with van der Waals surface area (Å²) >= 11 is 0.